The van der Waals surface area contributed by atoms with Crippen LogP contribution >= 0.6 is 23.1 Å². The largest absolute Gasteiger partial charge is 0.313 e. The molecule has 1 atom stereocenters. The summed E-state index contributed by atoms with van der Waals surface area (Å²) in [5.41, 5.74) is 1.12. The second kappa shape index (κ2) is 7.27. The number of para-hydroxylation sites is 1. The molecule has 0 aliphatic carbocycles. The molecular weight excluding hydrogens is 272 g/mol. The third-order valence-electron chi connectivity index (χ3n) is 3.26. The molecule has 0 amide bonds. The maximum Gasteiger partial charge on any atom is 0.151 e. The Hall–Kier alpha value is -0.580. The van der Waals surface area contributed by atoms with Crippen LogP contribution in [-0.4, -0.2) is 22.8 Å². The molecule has 0 bridgehead atoms. The first kappa shape index (κ1) is 14.8. The van der Waals surface area contributed by atoms with Gasteiger partial charge in [-0.2, -0.15) is 0 Å². The number of benzene rings is 1. The number of hydrogen-bond acceptors (Lipinski definition) is 4. The van der Waals surface area contributed by atoms with Gasteiger partial charge in [-0.1, -0.05) is 44.7 Å². The molecule has 0 aliphatic heterocycles. The molecule has 4 heteroatoms. The van der Waals surface area contributed by atoms with Gasteiger partial charge in [0, 0.05) is 17.8 Å². The van der Waals surface area contributed by atoms with Gasteiger partial charge in [0.05, 0.1) is 10.2 Å². The summed E-state index contributed by atoms with van der Waals surface area (Å²) in [6.45, 7) is 7.80. The summed E-state index contributed by atoms with van der Waals surface area (Å²) >= 11 is 3.67. The SMILES string of the molecule is CCC(CC)NCC(C)Sc1nc2ccccc2s1. The zero-order chi connectivity index (χ0) is 13.7. The van der Waals surface area contributed by atoms with E-state index in [1.807, 2.05) is 11.8 Å². The molecule has 2 rings (SSSR count). The summed E-state index contributed by atoms with van der Waals surface area (Å²) in [6.07, 6.45) is 2.41. The first-order valence-electron chi connectivity index (χ1n) is 6.98. The fourth-order valence-electron chi connectivity index (χ4n) is 2.03. The molecule has 104 valence electrons. The average Bonchev–Trinajstić information content (AvgIpc) is 2.81. The smallest absolute Gasteiger partial charge is 0.151 e. The topological polar surface area (TPSA) is 24.9 Å². The normalized spacial score (nSPS) is 13.3. The van der Waals surface area contributed by atoms with Crippen molar-refractivity contribution in [3.8, 4) is 0 Å². The van der Waals surface area contributed by atoms with Gasteiger partial charge in [-0.05, 0) is 25.0 Å². The van der Waals surface area contributed by atoms with Crippen molar-refractivity contribution in [1.82, 2.24) is 10.3 Å². The lowest BCUT2D eigenvalue weighted by Crippen LogP contribution is -2.32. The fourth-order valence-corrected chi connectivity index (χ4v) is 4.35. The summed E-state index contributed by atoms with van der Waals surface area (Å²) in [5, 5.41) is 4.19. The van der Waals surface area contributed by atoms with Gasteiger partial charge in [0.2, 0.25) is 0 Å². The highest BCUT2D eigenvalue weighted by atomic mass is 32.2. The van der Waals surface area contributed by atoms with E-state index in [2.05, 4.69) is 55.3 Å². The molecule has 0 saturated heterocycles. The Kier molecular flexibility index (Phi) is 5.67. The van der Waals surface area contributed by atoms with E-state index in [1.54, 1.807) is 11.3 Å². The maximum absolute atomic E-state index is 4.67. The van der Waals surface area contributed by atoms with Crippen molar-refractivity contribution < 1.29 is 0 Å². The predicted octanol–water partition coefficient (Wildman–Crippen LogP) is 4.56. The van der Waals surface area contributed by atoms with Crippen molar-refractivity contribution in [3.05, 3.63) is 24.3 Å². The number of nitrogens with one attached hydrogen (secondary N) is 1. The summed E-state index contributed by atoms with van der Waals surface area (Å²) in [5.74, 6) is 0. The van der Waals surface area contributed by atoms with E-state index < -0.39 is 0 Å². The van der Waals surface area contributed by atoms with E-state index in [0.29, 0.717) is 11.3 Å². The van der Waals surface area contributed by atoms with Crippen LogP contribution in [0.15, 0.2) is 28.6 Å². The van der Waals surface area contributed by atoms with Gasteiger partial charge in [0.25, 0.3) is 0 Å². The van der Waals surface area contributed by atoms with Crippen LogP contribution < -0.4 is 5.32 Å². The van der Waals surface area contributed by atoms with Crippen molar-refractivity contribution in [1.29, 1.82) is 0 Å². The molecule has 1 heterocycles. The lowest BCUT2D eigenvalue weighted by atomic mass is 10.2. The summed E-state index contributed by atoms with van der Waals surface area (Å²) in [4.78, 5) is 4.67. The molecule has 1 unspecified atom stereocenters. The van der Waals surface area contributed by atoms with Crippen LogP contribution in [0.5, 0.6) is 0 Å². The highest BCUT2D eigenvalue weighted by molar-refractivity contribution is 8.01. The molecule has 1 aromatic heterocycles. The van der Waals surface area contributed by atoms with Crippen molar-refractivity contribution in [2.24, 2.45) is 0 Å². The number of nitrogens with zero attached hydrogens (tertiary/aromatic N) is 1. The maximum atomic E-state index is 4.67. The van der Waals surface area contributed by atoms with Gasteiger partial charge >= 0.3 is 0 Å². The monoisotopic (exact) mass is 294 g/mol. The van der Waals surface area contributed by atoms with E-state index >= 15 is 0 Å². The summed E-state index contributed by atoms with van der Waals surface area (Å²) in [7, 11) is 0. The Morgan fingerprint density at radius 1 is 1.26 bits per heavy atom. The molecular formula is C15H22N2S2. The first-order chi connectivity index (χ1) is 9.22. The second-order valence-electron chi connectivity index (χ2n) is 4.80. The fraction of sp³-hybridized carbons (Fsp3) is 0.533. The minimum atomic E-state index is 0.557. The van der Waals surface area contributed by atoms with Crippen LogP contribution in [0.4, 0.5) is 0 Å². The van der Waals surface area contributed by atoms with Crippen LogP contribution in [-0.2, 0) is 0 Å². The predicted molar refractivity (Wildman–Crippen MR) is 87.3 cm³/mol. The Morgan fingerprint density at radius 3 is 2.68 bits per heavy atom. The quantitative estimate of drug-likeness (QED) is 0.758. The lowest BCUT2D eigenvalue weighted by molar-refractivity contribution is 0.488. The molecule has 2 nitrogen and oxygen atoms in total. The average molecular weight is 294 g/mol. The van der Waals surface area contributed by atoms with Crippen molar-refractivity contribution >= 4 is 33.3 Å². The van der Waals surface area contributed by atoms with Gasteiger partial charge in [-0.25, -0.2) is 4.98 Å². The van der Waals surface area contributed by atoms with Gasteiger partial charge in [0.1, 0.15) is 0 Å². The third kappa shape index (κ3) is 4.20. The molecule has 1 aromatic carbocycles. The second-order valence-corrected chi connectivity index (χ2v) is 7.51. The zero-order valence-corrected chi connectivity index (χ0v) is 13.5. The Bertz CT molecular complexity index is 473. The van der Waals surface area contributed by atoms with Crippen molar-refractivity contribution in [2.75, 3.05) is 6.54 Å². The molecule has 1 N–H and O–H groups in total. The summed E-state index contributed by atoms with van der Waals surface area (Å²) < 4.78 is 2.46. The van der Waals surface area contributed by atoms with E-state index in [1.165, 1.54) is 21.9 Å². The van der Waals surface area contributed by atoms with Gasteiger partial charge in [0.15, 0.2) is 4.34 Å². The molecule has 0 fully saturated rings. The minimum absolute atomic E-state index is 0.557. The number of aromatic nitrogens is 1. The third-order valence-corrected chi connectivity index (χ3v) is 5.49. The number of rotatable bonds is 7. The number of hydrogen-bond donors (Lipinski definition) is 1. The molecule has 0 saturated carbocycles. The van der Waals surface area contributed by atoms with Gasteiger partial charge < -0.3 is 5.32 Å². The summed E-state index contributed by atoms with van der Waals surface area (Å²) in [6, 6.07) is 9.01. The molecule has 0 aliphatic rings. The van der Waals surface area contributed by atoms with Crippen molar-refractivity contribution in [3.63, 3.8) is 0 Å². The standard InChI is InChI=1S/C15H22N2S2/c1-4-12(5-2)16-10-11(3)18-15-17-13-8-6-7-9-14(13)19-15/h6-9,11-12,16H,4-5,10H2,1-3H3. The van der Waals surface area contributed by atoms with E-state index in [0.717, 1.165) is 12.1 Å². The molecule has 0 radical (unpaired) electrons. The van der Waals surface area contributed by atoms with Crippen molar-refractivity contribution in [2.45, 2.75) is 49.2 Å². The Balaban J connectivity index is 1.89. The van der Waals surface area contributed by atoms with Crippen LogP contribution in [0.3, 0.4) is 0 Å². The minimum Gasteiger partial charge on any atom is -0.313 e. The molecule has 0 spiro atoms. The van der Waals surface area contributed by atoms with E-state index in [4.69, 9.17) is 0 Å². The highest BCUT2D eigenvalue weighted by Crippen LogP contribution is 2.31. The lowest BCUT2D eigenvalue weighted by Gasteiger charge is -2.17. The molecule has 2 aromatic rings. The van der Waals surface area contributed by atoms with Gasteiger partial charge in [-0.15, -0.1) is 11.3 Å². The first-order valence-corrected chi connectivity index (χ1v) is 8.68. The van der Waals surface area contributed by atoms with Crippen LogP contribution in [0, 0.1) is 0 Å². The van der Waals surface area contributed by atoms with Gasteiger partial charge in [-0.3, -0.25) is 0 Å². The van der Waals surface area contributed by atoms with Crippen LogP contribution in [0.1, 0.15) is 33.6 Å². The van der Waals surface area contributed by atoms with E-state index in [9.17, 15) is 0 Å². The Labute approximate surface area is 124 Å². The Morgan fingerprint density at radius 2 is 2.00 bits per heavy atom. The number of thioether (sulfide) groups is 1. The van der Waals surface area contributed by atoms with Crippen LogP contribution in [0.2, 0.25) is 0 Å². The van der Waals surface area contributed by atoms with E-state index in [-0.39, 0.29) is 0 Å². The zero-order valence-electron chi connectivity index (χ0n) is 11.8. The molecule has 19 heavy (non-hydrogen) atoms. The number of thiazole rings is 1. The highest BCUT2D eigenvalue weighted by Gasteiger charge is 2.10. The van der Waals surface area contributed by atoms with Crippen LogP contribution in [0.25, 0.3) is 10.2 Å². The number of fused-ring (bicyclic) bond motifs is 1.